The van der Waals surface area contributed by atoms with Crippen molar-refractivity contribution in [3.63, 3.8) is 0 Å². The average molecular weight is 315 g/mol. The highest BCUT2D eigenvalue weighted by atomic mass is 16.5. The summed E-state index contributed by atoms with van der Waals surface area (Å²) in [4.78, 5) is 12.0. The number of nitrogens with one attached hydrogen (secondary N) is 1. The zero-order chi connectivity index (χ0) is 16.7. The zero-order valence-corrected chi connectivity index (χ0v) is 13.9. The van der Waals surface area contributed by atoms with E-state index in [1.807, 2.05) is 12.1 Å². The molecule has 0 spiro atoms. The molecule has 0 aromatic heterocycles. The third-order valence-electron chi connectivity index (χ3n) is 4.19. The van der Waals surface area contributed by atoms with Gasteiger partial charge >= 0.3 is 0 Å². The molecular formula is C19H25NO3. The molecule has 124 valence electrons. The molecule has 4 nitrogen and oxygen atoms in total. The number of hydrogen-bond acceptors (Lipinski definition) is 3. The molecule has 0 saturated heterocycles. The van der Waals surface area contributed by atoms with Gasteiger partial charge in [-0.25, -0.2) is 0 Å². The van der Waals surface area contributed by atoms with Crippen molar-refractivity contribution in [3.05, 3.63) is 42.7 Å². The Hall–Kier alpha value is -2.23. The van der Waals surface area contributed by atoms with Gasteiger partial charge in [0.2, 0.25) is 5.91 Å². The summed E-state index contributed by atoms with van der Waals surface area (Å²) in [6.07, 6.45) is 9.23. The van der Waals surface area contributed by atoms with E-state index >= 15 is 0 Å². The van der Waals surface area contributed by atoms with Crippen LogP contribution in [-0.2, 0) is 4.79 Å². The Balaban J connectivity index is 1.93. The fourth-order valence-corrected chi connectivity index (χ4v) is 2.80. The van der Waals surface area contributed by atoms with Crippen LogP contribution in [-0.4, -0.2) is 19.1 Å². The van der Waals surface area contributed by atoms with E-state index in [0.29, 0.717) is 17.5 Å². The molecule has 1 aromatic carbocycles. The van der Waals surface area contributed by atoms with Gasteiger partial charge in [0.05, 0.1) is 13.4 Å². The van der Waals surface area contributed by atoms with Crippen LogP contribution in [0.25, 0.3) is 6.08 Å². The van der Waals surface area contributed by atoms with Gasteiger partial charge in [-0.2, -0.15) is 0 Å². The fourth-order valence-electron chi connectivity index (χ4n) is 2.80. The number of carbonyl (C=O) groups is 1. The molecule has 0 unspecified atom stereocenters. The largest absolute Gasteiger partial charge is 0.493 e. The lowest BCUT2D eigenvalue weighted by atomic mass is 9.87. The van der Waals surface area contributed by atoms with Gasteiger partial charge in [0, 0.05) is 12.1 Å². The molecule has 0 atom stereocenters. The van der Waals surface area contributed by atoms with E-state index in [2.05, 4.69) is 18.8 Å². The minimum Gasteiger partial charge on any atom is -0.493 e. The van der Waals surface area contributed by atoms with Crippen LogP contribution >= 0.6 is 0 Å². The first-order valence-corrected chi connectivity index (χ1v) is 8.06. The van der Waals surface area contributed by atoms with Gasteiger partial charge in [-0.3, -0.25) is 4.79 Å². The van der Waals surface area contributed by atoms with Crippen LogP contribution < -0.4 is 14.8 Å². The molecule has 1 aromatic rings. The van der Waals surface area contributed by atoms with Crippen LogP contribution in [0.3, 0.4) is 0 Å². The molecule has 0 bridgehead atoms. The summed E-state index contributed by atoms with van der Waals surface area (Å²) in [7, 11) is 1.58. The molecule has 23 heavy (non-hydrogen) atoms. The average Bonchev–Trinajstić information content (AvgIpc) is 2.56. The zero-order valence-electron chi connectivity index (χ0n) is 13.9. The van der Waals surface area contributed by atoms with Crippen molar-refractivity contribution in [2.45, 2.75) is 38.6 Å². The van der Waals surface area contributed by atoms with Gasteiger partial charge < -0.3 is 14.8 Å². The van der Waals surface area contributed by atoms with Gasteiger partial charge in [0.15, 0.2) is 11.5 Å². The maximum absolute atomic E-state index is 12.0. The first-order valence-electron chi connectivity index (χ1n) is 8.06. The van der Waals surface area contributed by atoms with E-state index < -0.39 is 0 Å². The second kappa shape index (κ2) is 8.42. The van der Waals surface area contributed by atoms with Crippen LogP contribution in [0.2, 0.25) is 0 Å². The lowest BCUT2D eigenvalue weighted by Gasteiger charge is -2.26. The van der Waals surface area contributed by atoms with Crippen LogP contribution in [0.4, 0.5) is 0 Å². The Bertz CT molecular complexity index is 572. The van der Waals surface area contributed by atoms with Gasteiger partial charge in [0.1, 0.15) is 0 Å². The van der Waals surface area contributed by atoms with Gasteiger partial charge in [-0.05, 0) is 55.4 Å². The molecule has 1 fully saturated rings. The topological polar surface area (TPSA) is 47.6 Å². The highest BCUT2D eigenvalue weighted by molar-refractivity contribution is 5.92. The Labute approximate surface area is 138 Å². The van der Waals surface area contributed by atoms with E-state index in [1.54, 1.807) is 25.3 Å². The normalized spacial score (nSPS) is 21.0. The lowest BCUT2D eigenvalue weighted by Crippen LogP contribution is -2.36. The molecule has 1 amide bonds. The molecule has 0 radical (unpaired) electrons. The number of rotatable bonds is 6. The molecule has 1 aliphatic rings. The summed E-state index contributed by atoms with van der Waals surface area (Å²) in [5.41, 5.74) is 0.880. The van der Waals surface area contributed by atoms with Crippen LogP contribution in [0, 0.1) is 5.92 Å². The summed E-state index contributed by atoms with van der Waals surface area (Å²) < 4.78 is 10.5. The van der Waals surface area contributed by atoms with E-state index in [1.165, 1.54) is 19.1 Å². The Morgan fingerprint density at radius 1 is 1.26 bits per heavy atom. The molecule has 0 heterocycles. The summed E-state index contributed by atoms with van der Waals surface area (Å²) in [6, 6.07) is 5.79. The van der Waals surface area contributed by atoms with Crippen molar-refractivity contribution in [2.75, 3.05) is 7.11 Å². The molecular weight excluding hydrogens is 290 g/mol. The number of methoxy groups -OCH3 is 1. The van der Waals surface area contributed by atoms with E-state index in [0.717, 1.165) is 24.3 Å². The molecule has 4 heteroatoms. The first-order chi connectivity index (χ1) is 11.1. The van der Waals surface area contributed by atoms with Crippen molar-refractivity contribution in [3.8, 4) is 11.5 Å². The van der Waals surface area contributed by atoms with Crippen molar-refractivity contribution >= 4 is 12.0 Å². The smallest absolute Gasteiger partial charge is 0.244 e. The minimum absolute atomic E-state index is 0.0464. The van der Waals surface area contributed by atoms with Crippen molar-refractivity contribution in [2.24, 2.45) is 5.92 Å². The SMILES string of the molecule is C=COc1ccc(/C=C/C(=O)N[C@H]2CC[C@H](C)CC2)cc1OC. The van der Waals surface area contributed by atoms with E-state index in [9.17, 15) is 4.79 Å². The summed E-state index contributed by atoms with van der Waals surface area (Å²) in [6.45, 7) is 5.80. The maximum Gasteiger partial charge on any atom is 0.244 e. The highest BCUT2D eigenvalue weighted by Crippen LogP contribution is 2.28. The molecule has 0 aliphatic heterocycles. The Morgan fingerprint density at radius 3 is 2.65 bits per heavy atom. The second-order valence-corrected chi connectivity index (χ2v) is 5.99. The Kier molecular flexibility index (Phi) is 6.27. The van der Waals surface area contributed by atoms with Crippen LogP contribution in [0.1, 0.15) is 38.2 Å². The minimum atomic E-state index is -0.0464. The highest BCUT2D eigenvalue weighted by Gasteiger charge is 2.18. The van der Waals surface area contributed by atoms with Gasteiger partial charge in [-0.1, -0.05) is 19.6 Å². The maximum atomic E-state index is 12.0. The number of amides is 1. The first kappa shape index (κ1) is 17.1. The van der Waals surface area contributed by atoms with Gasteiger partial charge in [-0.15, -0.1) is 0 Å². The predicted octanol–water partition coefficient (Wildman–Crippen LogP) is 3.93. The molecule has 1 N–H and O–H groups in total. The lowest BCUT2D eigenvalue weighted by molar-refractivity contribution is -0.117. The number of hydrogen-bond donors (Lipinski definition) is 1. The quantitative estimate of drug-likeness (QED) is 0.639. The Morgan fingerprint density at radius 2 is 2.00 bits per heavy atom. The number of carbonyl (C=O) groups excluding carboxylic acids is 1. The molecule has 1 aliphatic carbocycles. The van der Waals surface area contributed by atoms with Crippen molar-refractivity contribution in [1.29, 1.82) is 0 Å². The third kappa shape index (κ3) is 5.16. The predicted molar refractivity (Wildman–Crippen MR) is 92.4 cm³/mol. The number of ether oxygens (including phenoxy) is 2. The van der Waals surface area contributed by atoms with Crippen molar-refractivity contribution in [1.82, 2.24) is 5.32 Å². The van der Waals surface area contributed by atoms with Crippen LogP contribution in [0.5, 0.6) is 11.5 Å². The third-order valence-corrected chi connectivity index (χ3v) is 4.19. The van der Waals surface area contributed by atoms with Crippen molar-refractivity contribution < 1.29 is 14.3 Å². The standard InChI is InChI=1S/C19H25NO3/c1-4-23-17-11-7-15(13-18(17)22-3)8-12-19(21)20-16-9-5-14(2)6-10-16/h4,7-8,11-14,16H,1,5-6,9-10H2,2-3H3,(H,20,21)/b12-8+/t14-,16-. The monoisotopic (exact) mass is 315 g/mol. The van der Waals surface area contributed by atoms with E-state index in [4.69, 9.17) is 9.47 Å². The van der Waals surface area contributed by atoms with E-state index in [-0.39, 0.29) is 5.91 Å². The number of benzene rings is 1. The van der Waals surface area contributed by atoms with Gasteiger partial charge in [0.25, 0.3) is 0 Å². The fraction of sp³-hybridized carbons (Fsp3) is 0.421. The summed E-state index contributed by atoms with van der Waals surface area (Å²) >= 11 is 0. The summed E-state index contributed by atoms with van der Waals surface area (Å²) in [5.74, 6) is 1.94. The second-order valence-electron chi connectivity index (χ2n) is 5.99. The summed E-state index contributed by atoms with van der Waals surface area (Å²) in [5, 5.41) is 3.07. The molecule has 1 saturated carbocycles. The van der Waals surface area contributed by atoms with Crippen LogP contribution in [0.15, 0.2) is 37.1 Å². The molecule has 2 rings (SSSR count).